The number of aromatic nitrogens is 3. The highest BCUT2D eigenvalue weighted by molar-refractivity contribution is 7.11. The van der Waals surface area contributed by atoms with E-state index in [1.54, 1.807) is 11.3 Å². The van der Waals surface area contributed by atoms with E-state index in [1.165, 1.54) is 11.3 Å². The number of rotatable bonds is 4. The SMILES string of the molecule is Cc1nc(C)c(C(C)Nc2ccc(-c3nnco3)cc2)s1. The van der Waals surface area contributed by atoms with Crippen LogP contribution in [0.2, 0.25) is 0 Å². The van der Waals surface area contributed by atoms with Crippen LogP contribution in [0.15, 0.2) is 35.1 Å². The van der Waals surface area contributed by atoms with Gasteiger partial charge in [0.1, 0.15) is 0 Å². The minimum Gasteiger partial charge on any atom is -0.423 e. The minimum atomic E-state index is 0.227. The Labute approximate surface area is 127 Å². The van der Waals surface area contributed by atoms with E-state index in [0.29, 0.717) is 5.89 Å². The van der Waals surface area contributed by atoms with Crippen molar-refractivity contribution in [2.75, 3.05) is 5.32 Å². The van der Waals surface area contributed by atoms with Crippen molar-refractivity contribution in [3.8, 4) is 11.5 Å². The quantitative estimate of drug-likeness (QED) is 0.789. The minimum absolute atomic E-state index is 0.227. The second-order valence-electron chi connectivity index (χ2n) is 4.87. The third-order valence-electron chi connectivity index (χ3n) is 3.21. The van der Waals surface area contributed by atoms with Gasteiger partial charge in [0.2, 0.25) is 12.3 Å². The predicted octanol–water partition coefficient (Wildman–Crippen LogP) is 3.98. The molecule has 0 amide bonds. The van der Waals surface area contributed by atoms with E-state index in [9.17, 15) is 0 Å². The lowest BCUT2D eigenvalue weighted by atomic mass is 10.2. The van der Waals surface area contributed by atoms with E-state index in [4.69, 9.17) is 4.42 Å². The molecular formula is C15H16N4OS. The summed E-state index contributed by atoms with van der Waals surface area (Å²) in [5.41, 5.74) is 3.06. The van der Waals surface area contributed by atoms with Gasteiger partial charge in [-0.05, 0) is 45.0 Å². The average Bonchev–Trinajstić information content (AvgIpc) is 3.09. The van der Waals surface area contributed by atoms with Gasteiger partial charge in [-0.3, -0.25) is 0 Å². The maximum atomic E-state index is 5.18. The first-order chi connectivity index (χ1) is 10.1. The molecule has 0 saturated heterocycles. The molecule has 3 aromatic rings. The molecule has 2 aromatic heterocycles. The molecule has 1 aromatic carbocycles. The smallest absolute Gasteiger partial charge is 0.247 e. The molecule has 21 heavy (non-hydrogen) atoms. The molecule has 2 heterocycles. The van der Waals surface area contributed by atoms with Crippen LogP contribution in [0.25, 0.3) is 11.5 Å². The second kappa shape index (κ2) is 5.65. The van der Waals surface area contributed by atoms with Crippen LogP contribution in [0.5, 0.6) is 0 Å². The molecule has 0 saturated carbocycles. The molecular weight excluding hydrogens is 284 g/mol. The number of nitrogens with zero attached hydrogens (tertiary/aromatic N) is 3. The van der Waals surface area contributed by atoms with Gasteiger partial charge in [0.25, 0.3) is 0 Å². The fourth-order valence-corrected chi connectivity index (χ4v) is 3.20. The fraction of sp³-hybridized carbons (Fsp3) is 0.267. The number of aryl methyl sites for hydroxylation is 2. The van der Waals surface area contributed by atoms with Gasteiger partial charge >= 0.3 is 0 Å². The van der Waals surface area contributed by atoms with E-state index in [2.05, 4.69) is 34.3 Å². The lowest BCUT2D eigenvalue weighted by molar-refractivity contribution is 0.568. The lowest BCUT2D eigenvalue weighted by Crippen LogP contribution is -2.06. The highest BCUT2D eigenvalue weighted by Crippen LogP contribution is 2.28. The highest BCUT2D eigenvalue weighted by Gasteiger charge is 2.13. The third-order valence-corrected chi connectivity index (χ3v) is 4.46. The van der Waals surface area contributed by atoms with E-state index in [0.717, 1.165) is 22.0 Å². The first-order valence-electron chi connectivity index (χ1n) is 6.70. The number of thiazole rings is 1. The normalized spacial score (nSPS) is 12.3. The molecule has 3 rings (SSSR count). The van der Waals surface area contributed by atoms with Gasteiger partial charge < -0.3 is 9.73 Å². The summed E-state index contributed by atoms with van der Waals surface area (Å²) in [5.74, 6) is 0.531. The van der Waals surface area contributed by atoms with Gasteiger partial charge in [0.05, 0.1) is 16.7 Å². The van der Waals surface area contributed by atoms with Gasteiger partial charge in [-0.2, -0.15) is 0 Å². The van der Waals surface area contributed by atoms with Gasteiger partial charge in [-0.1, -0.05) is 0 Å². The van der Waals surface area contributed by atoms with Crippen LogP contribution in [0.3, 0.4) is 0 Å². The molecule has 1 unspecified atom stereocenters. The molecule has 1 N–H and O–H groups in total. The van der Waals surface area contributed by atoms with E-state index in [-0.39, 0.29) is 6.04 Å². The summed E-state index contributed by atoms with van der Waals surface area (Å²) < 4.78 is 5.18. The summed E-state index contributed by atoms with van der Waals surface area (Å²) in [7, 11) is 0. The highest BCUT2D eigenvalue weighted by atomic mass is 32.1. The summed E-state index contributed by atoms with van der Waals surface area (Å²) in [6, 6.07) is 8.18. The number of benzene rings is 1. The number of hydrogen-bond donors (Lipinski definition) is 1. The molecule has 0 fully saturated rings. The van der Waals surface area contributed by atoms with Crippen molar-refractivity contribution in [1.82, 2.24) is 15.2 Å². The van der Waals surface area contributed by atoms with Gasteiger partial charge in [0.15, 0.2) is 0 Å². The summed E-state index contributed by atoms with van der Waals surface area (Å²) in [4.78, 5) is 5.74. The number of nitrogens with one attached hydrogen (secondary N) is 1. The Morgan fingerprint density at radius 3 is 2.52 bits per heavy atom. The van der Waals surface area contributed by atoms with Crippen LogP contribution in [-0.2, 0) is 0 Å². The first kappa shape index (κ1) is 13.8. The van der Waals surface area contributed by atoms with Crippen molar-refractivity contribution in [3.63, 3.8) is 0 Å². The zero-order valence-electron chi connectivity index (χ0n) is 12.1. The summed E-state index contributed by atoms with van der Waals surface area (Å²) in [6.07, 6.45) is 1.33. The molecule has 0 spiro atoms. The Morgan fingerprint density at radius 2 is 1.95 bits per heavy atom. The Morgan fingerprint density at radius 1 is 1.19 bits per heavy atom. The van der Waals surface area contributed by atoms with Crippen LogP contribution in [0.1, 0.15) is 28.5 Å². The zero-order valence-corrected chi connectivity index (χ0v) is 12.9. The Balaban J connectivity index is 1.74. The molecule has 0 radical (unpaired) electrons. The van der Waals surface area contributed by atoms with Crippen LogP contribution in [0, 0.1) is 13.8 Å². The van der Waals surface area contributed by atoms with E-state index >= 15 is 0 Å². The maximum absolute atomic E-state index is 5.18. The van der Waals surface area contributed by atoms with Crippen molar-refractivity contribution >= 4 is 17.0 Å². The maximum Gasteiger partial charge on any atom is 0.247 e. The van der Waals surface area contributed by atoms with Gasteiger partial charge in [-0.25, -0.2) is 4.98 Å². The van der Waals surface area contributed by atoms with Crippen LogP contribution in [0.4, 0.5) is 5.69 Å². The Hall–Kier alpha value is -2.21. The monoisotopic (exact) mass is 300 g/mol. The predicted molar refractivity (Wildman–Crippen MR) is 83.4 cm³/mol. The van der Waals surface area contributed by atoms with E-state index < -0.39 is 0 Å². The summed E-state index contributed by atoms with van der Waals surface area (Å²) in [5, 5.41) is 12.2. The van der Waals surface area contributed by atoms with Gasteiger partial charge in [-0.15, -0.1) is 21.5 Å². The molecule has 0 aliphatic rings. The Kier molecular flexibility index (Phi) is 3.70. The fourth-order valence-electron chi connectivity index (χ4n) is 2.27. The molecule has 6 heteroatoms. The molecule has 0 aliphatic carbocycles. The molecule has 5 nitrogen and oxygen atoms in total. The van der Waals surface area contributed by atoms with Crippen molar-refractivity contribution in [2.24, 2.45) is 0 Å². The molecule has 0 aliphatic heterocycles. The average molecular weight is 300 g/mol. The van der Waals surface area contributed by atoms with Crippen LogP contribution in [-0.4, -0.2) is 15.2 Å². The second-order valence-corrected chi connectivity index (χ2v) is 6.10. The van der Waals surface area contributed by atoms with Crippen LogP contribution >= 0.6 is 11.3 Å². The van der Waals surface area contributed by atoms with Crippen molar-refractivity contribution < 1.29 is 4.42 Å². The summed E-state index contributed by atoms with van der Waals surface area (Å²) >= 11 is 1.74. The largest absolute Gasteiger partial charge is 0.423 e. The lowest BCUT2D eigenvalue weighted by Gasteiger charge is -2.14. The summed E-state index contributed by atoms with van der Waals surface area (Å²) in [6.45, 7) is 6.23. The van der Waals surface area contributed by atoms with Crippen LogP contribution < -0.4 is 5.32 Å². The molecule has 108 valence electrons. The standard InChI is InChI=1S/C15H16N4OS/c1-9-14(21-11(3)17-9)10(2)18-13-6-4-12(5-7-13)15-19-16-8-20-15/h4-8,10,18H,1-3H3. The zero-order chi connectivity index (χ0) is 14.8. The number of anilines is 1. The molecule has 1 atom stereocenters. The third kappa shape index (κ3) is 2.95. The molecule has 0 bridgehead atoms. The van der Waals surface area contributed by atoms with Crippen molar-refractivity contribution in [3.05, 3.63) is 46.2 Å². The number of hydrogen-bond acceptors (Lipinski definition) is 6. The van der Waals surface area contributed by atoms with Crippen molar-refractivity contribution in [2.45, 2.75) is 26.8 Å². The van der Waals surface area contributed by atoms with Gasteiger partial charge in [0, 0.05) is 16.1 Å². The Bertz CT molecular complexity index is 719. The topological polar surface area (TPSA) is 63.8 Å². The van der Waals surface area contributed by atoms with E-state index in [1.807, 2.05) is 31.2 Å². The van der Waals surface area contributed by atoms with Crippen molar-refractivity contribution in [1.29, 1.82) is 0 Å². The first-order valence-corrected chi connectivity index (χ1v) is 7.52.